The fourth-order valence-corrected chi connectivity index (χ4v) is 4.95. The minimum absolute atomic E-state index is 0.0221. The van der Waals surface area contributed by atoms with Crippen LogP contribution in [0.3, 0.4) is 0 Å². The highest BCUT2D eigenvalue weighted by atomic mass is 32.1. The van der Waals surface area contributed by atoms with E-state index in [1.165, 1.54) is 16.9 Å². The number of rotatable bonds is 5. The lowest BCUT2D eigenvalue weighted by Gasteiger charge is -2.33. The number of thiophene rings is 1. The maximum absolute atomic E-state index is 13.4. The molecule has 1 fully saturated rings. The molecule has 0 N–H and O–H groups in total. The van der Waals surface area contributed by atoms with E-state index in [0.29, 0.717) is 31.1 Å². The summed E-state index contributed by atoms with van der Waals surface area (Å²) in [6.45, 7) is 3.67. The number of hydrogen-bond acceptors (Lipinski definition) is 5. The number of nitrogens with zero attached hydrogens (tertiary/aromatic N) is 3. The first-order valence-electron chi connectivity index (χ1n) is 10.1. The molecule has 2 aromatic heterocycles. The molecule has 1 saturated heterocycles. The number of carbonyl (C=O) groups is 2. The number of morpholine rings is 1. The zero-order chi connectivity index (χ0) is 21.1. The van der Waals surface area contributed by atoms with Crippen molar-refractivity contribution in [3.05, 3.63) is 64.7 Å². The van der Waals surface area contributed by atoms with Crippen LogP contribution in [0.1, 0.15) is 33.8 Å². The van der Waals surface area contributed by atoms with Crippen molar-refractivity contribution >= 4 is 33.4 Å². The number of amides is 2. The molecule has 0 saturated carbocycles. The van der Waals surface area contributed by atoms with Crippen molar-refractivity contribution in [2.45, 2.75) is 19.4 Å². The molecule has 1 atom stereocenters. The van der Waals surface area contributed by atoms with Crippen LogP contribution in [0.15, 0.2) is 48.7 Å². The van der Waals surface area contributed by atoms with Crippen molar-refractivity contribution in [1.29, 1.82) is 0 Å². The summed E-state index contributed by atoms with van der Waals surface area (Å²) in [4.78, 5) is 34.8. The van der Waals surface area contributed by atoms with Crippen LogP contribution in [0.2, 0.25) is 0 Å². The molecule has 1 aliphatic rings. The second-order valence-electron chi connectivity index (χ2n) is 7.49. The van der Waals surface area contributed by atoms with E-state index >= 15 is 0 Å². The third kappa shape index (κ3) is 4.22. The molecule has 1 aromatic carbocycles. The van der Waals surface area contributed by atoms with Gasteiger partial charge in [-0.3, -0.25) is 9.59 Å². The summed E-state index contributed by atoms with van der Waals surface area (Å²) in [5.41, 5.74) is 2.05. The molecule has 0 radical (unpaired) electrons. The highest BCUT2D eigenvalue weighted by molar-refractivity contribution is 7.20. The van der Waals surface area contributed by atoms with Crippen LogP contribution >= 0.6 is 11.3 Å². The Hall–Kier alpha value is -2.77. The van der Waals surface area contributed by atoms with Gasteiger partial charge in [0.05, 0.1) is 13.2 Å². The monoisotopic (exact) mass is 423 g/mol. The molecule has 0 spiro atoms. The molecule has 4 rings (SSSR count). The average Bonchev–Trinajstić information content (AvgIpc) is 3.17. The number of carbonyl (C=O) groups excluding carboxylic acids is 2. The molecule has 7 heteroatoms. The summed E-state index contributed by atoms with van der Waals surface area (Å²) in [5.74, 6) is -0.0127. The molecule has 1 aliphatic heterocycles. The largest absolute Gasteiger partial charge is 0.370 e. The second-order valence-corrected chi connectivity index (χ2v) is 8.49. The Bertz CT molecular complexity index is 1050. The molecule has 156 valence electrons. The quantitative estimate of drug-likeness (QED) is 0.630. The van der Waals surface area contributed by atoms with Crippen molar-refractivity contribution < 1.29 is 14.3 Å². The van der Waals surface area contributed by atoms with E-state index in [9.17, 15) is 9.59 Å². The molecule has 2 amide bonds. The van der Waals surface area contributed by atoms with Crippen LogP contribution in [0.25, 0.3) is 10.2 Å². The zero-order valence-electron chi connectivity index (χ0n) is 17.2. The topological polar surface area (TPSA) is 62.7 Å². The molecule has 6 nitrogen and oxygen atoms in total. The molecule has 0 bridgehead atoms. The SMILES string of the molecule is CC(=O)N1CCOC(c2c(C(=O)N(C)CCc3ccccc3)sc3ncccc23)C1. The van der Waals surface area contributed by atoms with Crippen molar-refractivity contribution in [2.75, 3.05) is 33.3 Å². The van der Waals surface area contributed by atoms with Crippen LogP contribution in [0.5, 0.6) is 0 Å². The molecule has 3 heterocycles. The van der Waals surface area contributed by atoms with Gasteiger partial charge in [0.1, 0.15) is 15.8 Å². The molecule has 30 heavy (non-hydrogen) atoms. The van der Waals surface area contributed by atoms with Gasteiger partial charge in [-0.05, 0) is 18.1 Å². The van der Waals surface area contributed by atoms with Crippen LogP contribution in [0.4, 0.5) is 0 Å². The summed E-state index contributed by atoms with van der Waals surface area (Å²) in [6, 6.07) is 14.0. The number of aromatic nitrogens is 1. The average molecular weight is 424 g/mol. The first-order valence-corrected chi connectivity index (χ1v) is 10.9. The van der Waals surface area contributed by atoms with Crippen molar-refractivity contribution in [3.63, 3.8) is 0 Å². The lowest BCUT2D eigenvalue weighted by atomic mass is 10.0. The summed E-state index contributed by atoms with van der Waals surface area (Å²) < 4.78 is 6.02. The first kappa shape index (κ1) is 20.5. The number of hydrogen-bond donors (Lipinski definition) is 0. The van der Waals surface area contributed by atoms with Crippen molar-refractivity contribution in [1.82, 2.24) is 14.8 Å². The first-order chi connectivity index (χ1) is 14.5. The number of likely N-dealkylation sites (N-methyl/N-ethyl adjacent to an activating group) is 1. The van der Waals surface area contributed by atoms with Crippen molar-refractivity contribution in [3.8, 4) is 0 Å². The van der Waals surface area contributed by atoms with E-state index in [4.69, 9.17) is 4.74 Å². The smallest absolute Gasteiger partial charge is 0.264 e. The standard InChI is InChI=1S/C23H25N3O3S/c1-16(27)26-13-14-29-19(15-26)20-18-9-6-11-24-22(18)30-21(20)23(28)25(2)12-10-17-7-4-3-5-8-17/h3-9,11,19H,10,12-15H2,1-2H3. The minimum atomic E-state index is -0.331. The Morgan fingerprint density at radius 1 is 1.23 bits per heavy atom. The van der Waals surface area contributed by atoms with E-state index in [2.05, 4.69) is 17.1 Å². The lowest BCUT2D eigenvalue weighted by molar-refractivity contribution is -0.136. The van der Waals surface area contributed by atoms with Crippen LogP contribution in [0, 0.1) is 0 Å². The second kappa shape index (κ2) is 8.93. The number of pyridine rings is 1. The third-order valence-corrected chi connectivity index (χ3v) is 6.58. The van der Waals surface area contributed by atoms with Gasteiger partial charge in [-0.25, -0.2) is 4.98 Å². The Balaban J connectivity index is 1.62. The van der Waals surface area contributed by atoms with Gasteiger partial charge in [-0.2, -0.15) is 0 Å². The maximum Gasteiger partial charge on any atom is 0.264 e. The van der Waals surface area contributed by atoms with Gasteiger partial charge in [-0.1, -0.05) is 36.4 Å². The zero-order valence-corrected chi connectivity index (χ0v) is 18.0. The van der Waals surface area contributed by atoms with Gasteiger partial charge in [0.15, 0.2) is 0 Å². The predicted molar refractivity (Wildman–Crippen MR) is 118 cm³/mol. The lowest BCUT2D eigenvalue weighted by Crippen LogP contribution is -2.41. The Labute approximate surface area is 180 Å². The van der Waals surface area contributed by atoms with Gasteiger partial charge in [0.2, 0.25) is 5.91 Å². The fraction of sp³-hybridized carbons (Fsp3) is 0.348. The van der Waals surface area contributed by atoms with Crippen LogP contribution in [-0.4, -0.2) is 59.9 Å². The number of ether oxygens (including phenoxy) is 1. The van der Waals surface area contributed by atoms with E-state index in [1.807, 2.05) is 37.4 Å². The Morgan fingerprint density at radius 3 is 2.80 bits per heavy atom. The summed E-state index contributed by atoms with van der Waals surface area (Å²) in [7, 11) is 1.83. The van der Waals surface area contributed by atoms with Gasteiger partial charge < -0.3 is 14.5 Å². The summed E-state index contributed by atoms with van der Waals surface area (Å²) >= 11 is 1.40. The predicted octanol–water partition coefficient (Wildman–Crippen LogP) is 3.53. The molecule has 0 aliphatic carbocycles. The molecular weight excluding hydrogens is 398 g/mol. The molecular formula is C23H25N3O3S. The van der Waals surface area contributed by atoms with Crippen LogP contribution < -0.4 is 0 Å². The van der Waals surface area contributed by atoms with E-state index in [1.54, 1.807) is 22.9 Å². The highest BCUT2D eigenvalue weighted by Gasteiger charge is 2.31. The summed E-state index contributed by atoms with van der Waals surface area (Å²) in [5, 5.41) is 0.928. The van der Waals surface area contributed by atoms with E-state index < -0.39 is 0 Å². The van der Waals surface area contributed by atoms with Gasteiger partial charge in [0.25, 0.3) is 5.91 Å². The number of benzene rings is 1. The van der Waals surface area contributed by atoms with Gasteiger partial charge >= 0.3 is 0 Å². The van der Waals surface area contributed by atoms with Crippen molar-refractivity contribution in [2.24, 2.45) is 0 Å². The Morgan fingerprint density at radius 2 is 2.03 bits per heavy atom. The van der Waals surface area contributed by atoms with Gasteiger partial charge in [0, 0.05) is 44.2 Å². The van der Waals surface area contributed by atoms with E-state index in [0.717, 1.165) is 22.2 Å². The Kier molecular flexibility index (Phi) is 6.11. The number of fused-ring (bicyclic) bond motifs is 1. The van der Waals surface area contributed by atoms with E-state index in [-0.39, 0.29) is 17.9 Å². The normalized spacial score (nSPS) is 16.6. The molecule has 1 unspecified atom stereocenters. The minimum Gasteiger partial charge on any atom is -0.370 e. The van der Waals surface area contributed by atoms with Gasteiger partial charge in [-0.15, -0.1) is 11.3 Å². The fourth-order valence-electron chi connectivity index (χ4n) is 3.76. The molecule has 3 aromatic rings. The van der Waals surface area contributed by atoms with Crippen LogP contribution in [-0.2, 0) is 16.0 Å². The highest BCUT2D eigenvalue weighted by Crippen LogP contribution is 2.37. The third-order valence-electron chi connectivity index (χ3n) is 5.46. The summed E-state index contributed by atoms with van der Waals surface area (Å²) in [6.07, 6.45) is 2.20. The maximum atomic E-state index is 13.4.